The van der Waals surface area contributed by atoms with Crippen molar-refractivity contribution in [3.63, 3.8) is 0 Å². The van der Waals surface area contributed by atoms with E-state index in [9.17, 15) is 0 Å². The lowest BCUT2D eigenvalue weighted by molar-refractivity contribution is 0.669. The Morgan fingerprint density at radius 2 is 0.745 bits per heavy atom. The smallest absolute Gasteiger partial charge is 0.242 e. The third-order valence-electron chi connectivity index (χ3n) is 10.8. The summed E-state index contributed by atoms with van der Waals surface area (Å²) in [7, 11) is 0. The fourth-order valence-electron chi connectivity index (χ4n) is 8.49. The van der Waals surface area contributed by atoms with Gasteiger partial charge in [-0.2, -0.15) is 0 Å². The van der Waals surface area contributed by atoms with Crippen LogP contribution in [-0.2, 0) is 0 Å². The molecule has 236 valence electrons. The summed E-state index contributed by atoms with van der Waals surface area (Å²) in [6.07, 6.45) is 0. The van der Waals surface area contributed by atoms with Gasteiger partial charge in [-0.15, -0.1) is 0 Å². The van der Waals surface area contributed by atoms with Crippen LogP contribution in [0.5, 0.6) is 0 Å². The number of hydrogen-bond acceptors (Lipinski definition) is 2. The van der Waals surface area contributed by atoms with Crippen LogP contribution in [0.4, 0.5) is 0 Å². The summed E-state index contributed by atoms with van der Waals surface area (Å²) in [4.78, 5) is 0. The first-order chi connectivity index (χ1) is 25.3. The summed E-state index contributed by atoms with van der Waals surface area (Å²) in [6.45, 7) is 0.0377. The molecule has 0 saturated heterocycles. The minimum Gasteiger partial charge on any atom is -0.455 e. The predicted octanol–water partition coefficient (Wildman–Crippen LogP) is 11.0. The third kappa shape index (κ3) is 4.25. The molecule has 2 aromatic heterocycles. The van der Waals surface area contributed by atoms with E-state index in [-0.39, 0.29) is 6.71 Å². The van der Waals surface area contributed by atoms with Crippen molar-refractivity contribution in [1.82, 2.24) is 0 Å². The van der Waals surface area contributed by atoms with Crippen LogP contribution in [0, 0.1) is 0 Å². The van der Waals surface area contributed by atoms with E-state index in [1.165, 1.54) is 38.6 Å². The van der Waals surface area contributed by atoms with Gasteiger partial charge >= 0.3 is 0 Å². The first kappa shape index (κ1) is 28.3. The molecule has 3 heteroatoms. The second-order valence-corrected chi connectivity index (χ2v) is 13.6. The van der Waals surface area contributed by atoms with Crippen LogP contribution >= 0.6 is 0 Å². The average molecular weight is 649 g/mol. The SMILES string of the molecule is c1ccc(B2c3ccc(-c4cccc5c4oc4ccccc45)cc3-c3ccccc3-c3cc(-c4cccc5c4oc4ccccc45)ccc32)cc1. The first-order valence-corrected chi connectivity index (χ1v) is 17.5. The molecule has 51 heavy (non-hydrogen) atoms. The summed E-state index contributed by atoms with van der Waals surface area (Å²) < 4.78 is 13.0. The Morgan fingerprint density at radius 3 is 1.27 bits per heavy atom. The number of fused-ring (bicyclic) bond motifs is 11. The van der Waals surface area contributed by atoms with Gasteiger partial charge in [0.1, 0.15) is 22.3 Å². The summed E-state index contributed by atoms with van der Waals surface area (Å²) >= 11 is 0. The maximum absolute atomic E-state index is 6.51. The maximum Gasteiger partial charge on any atom is 0.242 e. The summed E-state index contributed by atoms with van der Waals surface area (Å²) in [5.74, 6) is 0. The van der Waals surface area contributed by atoms with Crippen molar-refractivity contribution >= 4 is 67.0 Å². The molecule has 2 nitrogen and oxygen atoms in total. The first-order valence-electron chi connectivity index (χ1n) is 17.5. The normalized spacial score (nSPS) is 12.3. The van der Waals surface area contributed by atoms with Crippen molar-refractivity contribution in [2.45, 2.75) is 0 Å². The van der Waals surface area contributed by atoms with Gasteiger partial charge in [0.05, 0.1) is 0 Å². The van der Waals surface area contributed by atoms with Gasteiger partial charge in [0.2, 0.25) is 6.71 Å². The standard InChI is InChI=1S/C48H29BO2/c1-2-12-32(13-3-1)49-43-26-24-30(33-18-10-20-39-37-16-6-8-22-45(37)50-47(33)39)28-41(43)35-14-4-5-15-36(35)42-29-31(25-27-44(42)49)34-19-11-21-40-38-17-7-9-23-46(38)51-48(34)40/h1-29H. The molecule has 0 fully saturated rings. The van der Waals surface area contributed by atoms with E-state index in [1.807, 2.05) is 12.1 Å². The summed E-state index contributed by atoms with van der Waals surface area (Å²) in [6, 6.07) is 63.4. The van der Waals surface area contributed by atoms with Gasteiger partial charge in [0.15, 0.2) is 0 Å². The second kappa shape index (κ2) is 11.0. The van der Waals surface area contributed by atoms with Crippen LogP contribution in [0.15, 0.2) is 185 Å². The maximum atomic E-state index is 6.51. The Kier molecular flexibility index (Phi) is 6.08. The van der Waals surface area contributed by atoms with E-state index in [4.69, 9.17) is 8.83 Å². The van der Waals surface area contributed by atoms with Crippen LogP contribution < -0.4 is 16.4 Å². The lowest BCUT2D eigenvalue weighted by Gasteiger charge is -2.19. The quantitative estimate of drug-likeness (QED) is 0.178. The molecule has 1 aliphatic rings. The lowest BCUT2D eigenvalue weighted by Crippen LogP contribution is -2.52. The van der Waals surface area contributed by atoms with E-state index >= 15 is 0 Å². The van der Waals surface area contributed by atoms with Crippen molar-refractivity contribution in [3.05, 3.63) is 176 Å². The topological polar surface area (TPSA) is 26.3 Å². The van der Waals surface area contributed by atoms with Crippen molar-refractivity contribution in [1.29, 1.82) is 0 Å². The Balaban J connectivity index is 1.16. The molecule has 0 spiro atoms. The third-order valence-corrected chi connectivity index (χ3v) is 10.8. The monoisotopic (exact) mass is 648 g/mol. The van der Waals surface area contributed by atoms with Crippen molar-refractivity contribution < 1.29 is 8.83 Å². The number of hydrogen-bond donors (Lipinski definition) is 0. The predicted molar refractivity (Wildman–Crippen MR) is 214 cm³/mol. The lowest BCUT2D eigenvalue weighted by atomic mass is 9.35. The van der Waals surface area contributed by atoms with E-state index < -0.39 is 0 Å². The van der Waals surface area contributed by atoms with E-state index in [1.54, 1.807) is 0 Å². The Morgan fingerprint density at radius 1 is 0.314 bits per heavy atom. The zero-order valence-corrected chi connectivity index (χ0v) is 27.6. The molecule has 0 saturated carbocycles. The Labute approximate surface area is 295 Å². The summed E-state index contributed by atoms with van der Waals surface area (Å²) in [5, 5.41) is 4.56. The molecule has 0 amide bonds. The highest BCUT2D eigenvalue weighted by Gasteiger charge is 2.32. The molecule has 0 N–H and O–H groups in total. The van der Waals surface area contributed by atoms with Gasteiger partial charge < -0.3 is 8.83 Å². The molecule has 0 bridgehead atoms. The summed E-state index contributed by atoms with van der Waals surface area (Å²) in [5.41, 5.74) is 16.9. The average Bonchev–Trinajstić information content (AvgIpc) is 3.74. The van der Waals surface area contributed by atoms with Crippen LogP contribution in [0.2, 0.25) is 0 Å². The van der Waals surface area contributed by atoms with Gasteiger partial charge in [-0.3, -0.25) is 0 Å². The zero-order chi connectivity index (χ0) is 33.5. The zero-order valence-electron chi connectivity index (χ0n) is 27.6. The fourth-order valence-corrected chi connectivity index (χ4v) is 8.49. The molecule has 10 aromatic rings. The molecular weight excluding hydrogens is 619 g/mol. The highest BCUT2D eigenvalue weighted by atomic mass is 16.3. The van der Waals surface area contributed by atoms with Crippen LogP contribution in [-0.4, -0.2) is 6.71 Å². The minimum absolute atomic E-state index is 0.0377. The Bertz CT molecular complexity index is 2800. The van der Waals surface area contributed by atoms with Gasteiger partial charge in [-0.1, -0.05) is 168 Å². The van der Waals surface area contributed by atoms with Crippen LogP contribution in [0.1, 0.15) is 0 Å². The van der Waals surface area contributed by atoms with E-state index in [0.717, 1.165) is 66.1 Å². The van der Waals surface area contributed by atoms with Crippen molar-refractivity contribution in [3.8, 4) is 44.5 Å². The van der Waals surface area contributed by atoms with E-state index in [0.29, 0.717) is 0 Å². The molecule has 3 heterocycles. The molecule has 0 atom stereocenters. The second-order valence-electron chi connectivity index (χ2n) is 13.6. The number of benzene rings is 8. The van der Waals surface area contributed by atoms with Gasteiger partial charge in [0, 0.05) is 32.7 Å². The number of para-hydroxylation sites is 4. The molecular formula is C48H29BO2. The Hall–Kier alpha value is -6.58. The molecule has 0 radical (unpaired) electrons. The van der Waals surface area contributed by atoms with E-state index in [2.05, 4.69) is 164 Å². The fraction of sp³-hybridized carbons (Fsp3) is 0. The number of furan rings is 2. The largest absolute Gasteiger partial charge is 0.455 e. The molecule has 0 unspecified atom stereocenters. The van der Waals surface area contributed by atoms with Crippen molar-refractivity contribution in [2.75, 3.05) is 0 Å². The molecule has 0 aliphatic carbocycles. The minimum atomic E-state index is 0.0377. The van der Waals surface area contributed by atoms with Gasteiger partial charge in [0.25, 0.3) is 0 Å². The highest BCUT2D eigenvalue weighted by molar-refractivity contribution is 6.97. The molecule has 8 aromatic carbocycles. The molecule has 1 aliphatic heterocycles. The highest BCUT2D eigenvalue weighted by Crippen LogP contribution is 2.41. The van der Waals surface area contributed by atoms with Crippen molar-refractivity contribution in [2.24, 2.45) is 0 Å². The van der Waals surface area contributed by atoms with Crippen LogP contribution in [0.25, 0.3) is 88.4 Å². The van der Waals surface area contributed by atoms with Gasteiger partial charge in [-0.25, -0.2) is 0 Å². The van der Waals surface area contributed by atoms with Gasteiger partial charge in [-0.05, 0) is 57.6 Å². The molecule has 11 rings (SSSR count). The number of rotatable bonds is 3. The van der Waals surface area contributed by atoms with Crippen LogP contribution in [0.3, 0.4) is 0 Å².